The molecule has 0 aliphatic heterocycles. The maximum atomic E-state index is 13.0. The van der Waals surface area contributed by atoms with Gasteiger partial charge in [0.1, 0.15) is 23.1 Å². The summed E-state index contributed by atoms with van der Waals surface area (Å²) in [4.78, 5) is 21.6. The second-order valence-corrected chi connectivity index (χ2v) is 7.62. The zero-order valence-electron chi connectivity index (χ0n) is 15.9. The van der Waals surface area contributed by atoms with Crippen LogP contribution in [0.1, 0.15) is 16.1 Å². The van der Waals surface area contributed by atoms with Crippen molar-refractivity contribution in [3.05, 3.63) is 102 Å². The molecule has 0 radical (unpaired) electrons. The Bertz CT molecular complexity index is 1310. The Morgan fingerprint density at radius 3 is 2.77 bits per heavy atom. The van der Waals surface area contributed by atoms with E-state index in [9.17, 15) is 4.79 Å². The summed E-state index contributed by atoms with van der Waals surface area (Å²) in [6, 6.07) is 21.5. The summed E-state index contributed by atoms with van der Waals surface area (Å²) in [5.74, 6) is 0.610. The van der Waals surface area contributed by atoms with Gasteiger partial charge >= 0.3 is 0 Å². The molecule has 5 rings (SSSR count). The third-order valence-corrected chi connectivity index (χ3v) is 5.65. The van der Waals surface area contributed by atoms with E-state index in [2.05, 4.69) is 9.97 Å². The summed E-state index contributed by atoms with van der Waals surface area (Å²) in [5.41, 5.74) is 3.25. The van der Waals surface area contributed by atoms with Crippen molar-refractivity contribution in [1.82, 2.24) is 14.5 Å². The van der Waals surface area contributed by atoms with Gasteiger partial charge in [-0.3, -0.25) is 14.3 Å². The molecule has 0 saturated carbocycles. The average molecular weight is 411 g/mol. The Balaban J connectivity index is 1.37. The smallest absolute Gasteiger partial charge is 0.281 e. The SMILES string of the molecule is O=C(c1csc(-c2cccnc2)n1)n1ccc2cc(OCc3ccccc3)ccc21. The largest absolute Gasteiger partial charge is 0.489 e. The fourth-order valence-corrected chi connectivity index (χ4v) is 4.03. The molecule has 5 aromatic rings. The lowest BCUT2D eigenvalue weighted by atomic mass is 10.2. The fourth-order valence-electron chi connectivity index (χ4n) is 3.25. The Hall–Kier alpha value is -3.77. The van der Waals surface area contributed by atoms with Gasteiger partial charge in [0.15, 0.2) is 0 Å². The molecule has 0 aliphatic carbocycles. The molecule has 146 valence electrons. The maximum Gasteiger partial charge on any atom is 0.281 e. The Morgan fingerprint density at radius 2 is 1.93 bits per heavy atom. The molecule has 0 saturated heterocycles. The van der Waals surface area contributed by atoms with E-state index in [-0.39, 0.29) is 5.91 Å². The van der Waals surface area contributed by atoms with Crippen LogP contribution in [0.25, 0.3) is 21.5 Å². The van der Waals surface area contributed by atoms with Gasteiger partial charge in [0.25, 0.3) is 5.91 Å². The second-order valence-electron chi connectivity index (χ2n) is 6.77. The molecule has 0 N–H and O–H groups in total. The van der Waals surface area contributed by atoms with Crippen LogP contribution in [-0.4, -0.2) is 20.4 Å². The van der Waals surface area contributed by atoms with Gasteiger partial charge in [-0.05, 0) is 42.0 Å². The highest BCUT2D eigenvalue weighted by molar-refractivity contribution is 7.13. The molecule has 0 spiro atoms. The monoisotopic (exact) mass is 411 g/mol. The third-order valence-electron chi connectivity index (χ3n) is 4.76. The number of benzene rings is 2. The molecular weight excluding hydrogens is 394 g/mol. The molecule has 30 heavy (non-hydrogen) atoms. The second kappa shape index (κ2) is 7.93. The fraction of sp³-hybridized carbons (Fsp3) is 0.0417. The van der Waals surface area contributed by atoms with Crippen LogP contribution in [0.15, 0.2) is 90.7 Å². The number of rotatable bonds is 5. The molecule has 2 aromatic carbocycles. The number of carbonyl (C=O) groups is 1. The topological polar surface area (TPSA) is 57.0 Å². The quantitative estimate of drug-likeness (QED) is 0.387. The highest BCUT2D eigenvalue weighted by atomic mass is 32.1. The van der Waals surface area contributed by atoms with E-state index in [0.29, 0.717) is 12.3 Å². The van der Waals surface area contributed by atoms with Gasteiger partial charge in [0.05, 0.1) is 5.52 Å². The van der Waals surface area contributed by atoms with Crippen molar-refractivity contribution < 1.29 is 9.53 Å². The molecule has 6 heteroatoms. The Morgan fingerprint density at radius 1 is 1.03 bits per heavy atom. The van der Waals surface area contributed by atoms with Crippen molar-refractivity contribution in [2.24, 2.45) is 0 Å². The van der Waals surface area contributed by atoms with Crippen LogP contribution >= 0.6 is 11.3 Å². The first-order valence-electron chi connectivity index (χ1n) is 9.46. The van der Waals surface area contributed by atoms with Gasteiger partial charge in [0.2, 0.25) is 0 Å². The standard InChI is InChI=1S/C24H17N3O2S/c28-24(21-16-30-23(26-21)19-7-4-11-25-14-19)27-12-10-18-13-20(8-9-22(18)27)29-15-17-5-2-1-3-6-17/h1-14,16H,15H2. The van der Waals surface area contributed by atoms with Crippen molar-refractivity contribution in [3.63, 3.8) is 0 Å². The highest BCUT2D eigenvalue weighted by Gasteiger charge is 2.16. The van der Waals surface area contributed by atoms with Crippen molar-refractivity contribution in [3.8, 4) is 16.3 Å². The molecule has 0 bridgehead atoms. The minimum atomic E-state index is -0.158. The van der Waals surface area contributed by atoms with E-state index in [4.69, 9.17) is 4.74 Å². The number of nitrogens with zero attached hydrogens (tertiary/aromatic N) is 3. The van der Waals surface area contributed by atoms with Crippen LogP contribution in [-0.2, 0) is 6.61 Å². The Kier molecular flexibility index (Phi) is 4.83. The first-order chi connectivity index (χ1) is 14.8. The molecule has 0 amide bonds. The van der Waals surface area contributed by atoms with E-state index in [1.807, 2.05) is 66.7 Å². The molecule has 0 atom stereocenters. The van der Waals surface area contributed by atoms with Crippen molar-refractivity contribution in [1.29, 1.82) is 0 Å². The number of pyridine rings is 1. The number of carbonyl (C=O) groups excluding carboxylic acids is 1. The van der Waals surface area contributed by atoms with Crippen molar-refractivity contribution in [2.45, 2.75) is 6.61 Å². The zero-order chi connectivity index (χ0) is 20.3. The van der Waals surface area contributed by atoms with Gasteiger partial charge in [-0.15, -0.1) is 11.3 Å². The van der Waals surface area contributed by atoms with Crippen LogP contribution in [0.4, 0.5) is 0 Å². The molecule has 5 nitrogen and oxygen atoms in total. The first-order valence-corrected chi connectivity index (χ1v) is 10.3. The number of fused-ring (bicyclic) bond motifs is 1. The van der Waals surface area contributed by atoms with E-state index >= 15 is 0 Å². The molecule has 3 aromatic heterocycles. The molecule has 0 aliphatic rings. The van der Waals surface area contributed by atoms with Crippen LogP contribution in [0.2, 0.25) is 0 Å². The minimum Gasteiger partial charge on any atom is -0.489 e. The number of hydrogen-bond acceptors (Lipinski definition) is 5. The van der Waals surface area contributed by atoms with Gasteiger partial charge in [-0.1, -0.05) is 30.3 Å². The predicted octanol–water partition coefficient (Wildman–Crippen LogP) is 5.43. The Labute approximate surface area is 177 Å². The third kappa shape index (κ3) is 3.60. The highest BCUT2D eigenvalue weighted by Crippen LogP contribution is 2.26. The maximum absolute atomic E-state index is 13.0. The van der Waals surface area contributed by atoms with Gasteiger partial charge in [-0.25, -0.2) is 4.98 Å². The van der Waals surface area contributed by atoms with Crippen molar-refractivity contribution >= 4 is 28.1 Å². The average Bonchev–Trinajstić information content (AvgIpc) is 3.46. The normalized spacial score (nSPS) is 10.9. The van der Waals surface area contributed by atoms with Crippen LogP contribution in [0, 0.1) is 0 Å². The molecular formula is C24H17N3O2S. The summed E-state index contributed by atoms with van der Waals surface area (Å²) >= 11 is 1.44. The van der Waals surface area contributed by atoms with E-state index < -0.39 is 0 Å². The van der Waals surface area contributed by atoms with Crippen LogP contribution < -0.4 is 4.74 Å². The van der Waals surface area contributed by atoms with E-state index in [0.717, 1.165) is 32.8 Å². The summed E-state index contributed by atoms with van der Waals surface area (Å²) in [5, 5.41) is 3.50. The van der Waals surface area contributed by atoms with E-state index in [1.165, 1.54) is 11.3 Å². The number of thiazole rings is 1. The van der Waals surface area contributed by atoms with Gasteiger partial charge in [-0.2, -0.15) is 0 Å². The summed E-state index contributed by atoms with van der Waals surface area (Å²) in [7, 11) is 0. The van der Waals surface area contributed by atoms with Gasteiger partial charge in [0, 0.05) is 34.9 Å². The van der Waals surface area contributed by atoms with Crippen LogP contribution in [0.5, 0.6) is 5.75 Å². The first kappa shape index (κ1) is 18.3. The summed E-state index contributed by atoms with van der Waals surface area (Å²) in [6.07, 6.45) is 5.24. The molecule has 3 heterocycles. The van der Waals surface area contributed by atoms with Crippen molar-refractivity contribution in [2.75, 3.05) is 0 Å². The van der Waals surface area contributed by atoms with Crippen LogP contribution in [0.3, 0.4) is 0 Å². The predicted molar refractivity (Wildman–Crippen MR) is 118 cm³/mol. The van der Waals surface area contributed by atoms with E-state index in [1.54, 1.807) is 28.5 Å². The summed E-state index contributed by atoms with van der Waals surface area (Å²) < 4.78 is 7.52. The number of aromatic nitrogens is 3. The lowest BCUT2D eigenvalue weighted by Gasteiger charge is -2.07. The number of hydrogen-bond donors (Lipinski definition) is 0. The molecule has 0 unspecified atom stereocenters. The zero-order valence-corrected chi connectivity index (χ0v) is 16.8. The number of ether oxygens (including phenoxy) is 1. The van der Waals surface area contributed by atoms with Gasteiger partial charge < -0.3 is 4.74 Å². The molecule has 0 fully saturated rings. The lowest BCUT2D eigenvalue weighted by molar-refractivity contribution is 0.0961. The summed E-state index contributed by atoms with van der Waals surface area (Å²) in [6.45, 7) is 0.502. The minimum absolute atomic E-state index is 0.158. The lowest BCUT2D eigenvalue weighted by Crippen LogP contribution is -2.11.